The van der Waals surface area contributed by atoms with Gasteiger partial charge in [-0.2, -0.15) is 0 Å². The number of nitrogens with zero attached hydrogens (tertiary/aromatic N) is 1. The number of esters is 1. The normalized spacial score (nSPS) is 15.1. The number of hydrogen-bond donors (Lipinski definition) is 0. The minimum Gasteiger partial charge on any atom is -0.490 e. The van der Waals surface area contributed by atoms with Crippen LogP contribution >= 0.6 is 27.7 Å². The van der Waals surface area contributed by atoms with E-state index in [4.69, 9.17) is 14.2 Å². The molecule has 1 aliphatic heterocycles. The van der Waals surface area contributed by atoms with Crippen molar-refractivity contribution in [3.63, 3.8) is 0 Å². The van der Waals surface area contributed by atoms with Gasteiger partial charge < -0.3 is 14.2 Å². The van der Waals surface area contributed by atoms with Gasteiger partial charge in [-0.15, -0.1) is 6.58 Å². The van der Waals surface area contributed by atoms with Crippen LogP contribution in [-0.4, -0.2) is 48.4 Å². The highest BCUT2D eigenvalue weighted by Gasteiger charge is 2.34. The third kappa shape index (κ3) is 5.39. The maximum Gasteiger partial charge on any atom is 0.344 e. The molecule has 1 saturated heterocycles. The lowest BCUT2D eigenvalue weighted by Gasteiger charge is -2.14. The average Bonchev–Trinajstić information content (AvgIpc) is 2.91. The highest BCUT2D eigenvalue weighted by molar-refractivity contribution is 9.10. The molecule has 0 aliphatic carbocycles. The van der Waals surface area contributed by atoms with Gasteiger partial charge in [0, 0.05) is 11.0 Å². The van der Waals surface area contributed by atoms with Gasteiger partial charge >= 0.3 is 5.97 Å². The van der Waals surface area contributed by atoms with Gasteiger partial charge in [-0.1, -0.05) is 22.0 Å². The molecule has 0 atom stereocenters. The number of thioether (sulfide) groups is 1. The fourth-order valence-corrected chi connectivity index (χ4v) is 3.59. The first-order valence-electron chi connectivity index (χ1n) is 8.52. The number of carbonyl (C=O) groups is 3. The molecule has 1 aromatic carbocycles. The molecule has 1 aromatic rings. The summed E-state index contributed by atoms with van der Waals surface area (Å²) in [4.78, 5) is 37.3. The maximum absolute atomic E-state index is 12.4. The van der Waals surface area contributed by atoms with E-state index in [1.54, 1.807) is 25.1 Å². The summed E-state index contributed by atoms with van der Waals surface area (Å²) in [5.74, 6) is -0.0892. The Kier molecular flexibility index (Phi) is 8.13. The second-order valence-electron chi connectivity index (χ2n) is 5.43. The molecule has 0 bridgehead atoms. The van der Waals surface area contributed by atoms with E-state index in [0.29, 0.717) is 33.0 Å². The first-order valence-corrected chi connectivity index (χ1v) is 10.1. The lowest BCUT2D eigenvalue weighted by atomic mass is 10.2. The lowest BCUT2D eigenvalue weighted by molar-refractivity contribution is -0.145. The van der Waals surface area contributed by atoms with Crippen molar-refractivity contribution in [2.45, 2.75) is 13.8 Å². The first-order chi connectivity index (χ1) is 13.4. The van der Waals surface area contributed by atoms with Crippen LogP contribution < -0.4 is 9.47 Å². The third-order valence-electron chi connectivity index (χ3n) is 3.49. The van der Waals surface area contributed by atoms with Gasteiger partial charge in [0.05, 0.1) is 18.1 Å². The van der Waals surface area contributed by atoms with E-state index in [2.05, 4.69) is 22.5 Å². The summed E-state index contributed by atoms with van der Waals surface area (Å²) in [6.45, 7) is 7.64. The Hall–Kier alpha value is -2.26. The van der Waals surface area contributed by atoms with Crippen LogP contribution in [0.25, 0.3) is 6.08 Å². The topological polar surface area (TPSA) is 82.1 Å². The molecule has 0 radical (unpaired) electrons. The van der Waals surface area contributed by atoms with E-state index < -0.39 is 5.97 Å². The van der Waals surface area contributed by atoms with Crippen LogP contribution in [0.5, 0.6) is 11.5 Å². The molecule has 2 rings (SSSR count). The van der Waals surface area contributed by atoms with Gasteiger partial charge in [0.25, 0.3) is 11.1 Å². The van der Waals surface area contributed by atoms with E-state index in [0.717, 1.165) is 16.7 Å². The van der Waals surface area contributed by atoms with Gasteiger partial charge in [-0.25, -0.2) is 4.79 Å². The van der Waals surface area contributed by atoms with Gasteiger partial charge in [-0.3, -0.25) is 14.5 Å². The Morgan fingerprint density at radius 2 is 1.93 bits per heavy atom. The predicted octanol–water partition coefficient (Wildman–Crippen LogP) is 4.01. The molecular weight excluding hydrogens is 450 g/mol. The summed E-state index contributed by atoms with van der Waals surface area (Å²) in [6.07, 6.45) is 3.10. The van der Waals surface area contributed by atoms with Gasteiger partial charge in [-0.05, 0) is 49.4 Å². The first kappa shape index (κ1) is 22.0. The summed E-state index contributed by atoms with van der Waals surface area (Å²) in [5, 5.41) is -0.341. The molecule has 1 heterocycles. The molecule has 0 unspecified atom stereocenters. The van der Waals surface area contributed by atoms with Crippen molar-refractivity contribution in [3.05, 3.63) is 39.7 Å². The molecular formula is C19H20BrNO6S. The smallest absolute Gasteiger partial charge is 0.344 e. The molecule has 2 amide bonds. The number of amides is 2. The number of carbonyl (C=O) groups excluding carboxylic acids is 3. The molecule has 0 aromatic heterocycles. The highest BCUT2D eigenvalue weighted by atomic mass is 79.9. The summed E-state index contributed by atoms with van der Waals surface area (Å²) in [7, 11) is 0. The Balaban J connectivity index is 2.29. The zero-order valence-electron chi connectivity index (χ0n) is 15.5. The predicted molar refractivity (Wildman–Crippen MR) is 110 cm³/mol. The van der Waals surface area contributed by atoms with Gasteiger partial charge in [0.15, 0.2) is 18.1 Å². The SMILES string of the molecule is C=CCN1C(=O)S/C(=C/c2cc(OCC)c(OCC(=O)OCC)cc2Br)C1=O. The lowest BCUT2D eigenvalue weighted by Crippen LogP contribution is -2.27. The number of benzene rings is 1. The monoisotopic (exact) mass is 469 g/mol. The van der Waals surface area contributed by atoms with E-state index in [9.17, 15) is 14.4 Å². The number of imide groups is 1. The van der Waals surface area contributed by atoms with Crippen LogP contribution in [0, 0.1) is 0 Å². The molecule has 0 saturated carbocycles. The van der Waals surface area contributed by atoms with Crippen molar-refractivity contribution in [2.75, 3.05) is 26.4 Å². The molecule has 1 fully saturated rings. The Morgan fingerprint density at radius 3 is 2.57 bits per heavy atom. The number of halogens is 1. The summed E-state index contributed by atoms with van der Waals surface area (Å²) < 4.78 is 16.6. The fraction of sp³-hybridized carbons (Fsp3) is 0.316. The number of rotatable bonds is 9. The highest BCUT2D eigenvalue weighted by Crippen LogP contribution is 2.38. The van der Waals surface area contributed by atoms with E-state index in [-0.39, 0.29) is 30.9 Å². The van der Waals surface area contributed by atoms with Crippen LogP contribution in [0.15, 0.2) is 34.2 Å². The summed E-state index contributed by atoms with van der Waals surface area (Å²) in [6, 6.07) is 3.32. The molecule has 28 heavy (non-hydrogen) atoms. The van der Waals surface area contributed by atoms with Crippen LogP contribution in [0.2, 0.25) is 0 Å². The third-order valence-corrected chi connectivity index (χ3v) is 5.08. The fourth-order valence-electron chi connectivity index (χ4n) is 2.31. The van der Waals surface area contributed by atoms with Crippen molar-refractivity contribution in [2.24, 2.45) is 0 Å². The van der Waals surface area contributed by atoms with Crippen molar-refractivity contribution in [1.29, 1.82) is 0 Å². The average molecular weight is 470 g/mol. The minimum atomic E-state index is -0.485. The van der Waals surface area contributed by atoms with Crippen molar-refractivity contribution >= 4 is 50.9 Å². The molecule has 9 heteroatoms. The molecule has 1 aliphatic rings. The van der Waals surface area contributed by atoms with Crippen LogP contribution in [0.1, 0.15) is 19.4 Å². The van der Waals surface area contributed by atoms with E-state index in [1.165, 1.54) is 6.08 Å². The van der Waals surface area contributed by atoms with E-state index in [1.807, 2.05) is 6.92 Å². The Labute approximate surface area is 175 Å². The standard InChI is InChI=1S/C19H20BrNO6S/c1-4-7-21-18(23)16(28-19(21)24)9-12-8-14(25-5-2)15(10-13(12)20)27-11-17(22)26-6-3/h4,8-10H,1,5-7,11H2,2-3H3/b16-9+. The largest absolute Gasteiger partial charge is 0.490 e. The van der Waals surface area contributed by atoms with Crippen molar-refractivity contribution in [3.8, 4) is 11.5 Å². The van der Waals surface area contributed by atoms with Crippen molar-refractivity contribution < 1.29 is 28.6 Å². The second kappa shape index (κ2) is 10.3. The second-order valence-corrected chi connectivity index (χ2v) is 7.28. The zero-order valence-corrected chi connectivity index (χ0v) is 17.9. The maximum atomic E-state index is 12.4. The molecule has 0 spiro atoms. The van der Waals surface area contributed by atoms with Gasteiger partial charge in [0.2, 0.25) is 0 Å². The summed E-state index contributed by atoms with van der Waals surface area (Å²) in [5.41, 5.74) is 0.635. The van der Waals surface area contributed by atoms with Crippen molar-refractivity contribution in [1.82, 2.24) is 4.90 Å². The van der Waals surface area contributed by atoms with Gasteiger partial charge in [0.1, 0.15) is 0 Å². The zero-order chi connectivity index (χ0) is 20.7. The molecule has 150 valence electrons. The number of hydrogen-bond acceptors (Lipinski definition) is 7. The van der Waals surface area contributed by atoms with E-state index >= 15 is 0 Å². The van der Waals surface area contributed by atoms with Crippen LogP contribution in [0.3, 0.4) is 0 Å². The van der Waals surface area contributed by atoms with Crippen LogP contribution in [-0.2, 0) is 14.3 Å². The quantitative estimate of drug-likeness (QED) is 0.306. The Bertz CT molecular complexity index is 823. The summed E-state index contributed by atoms with van der Waals surface area (Å²) >= 11 is 4.29. The molecule has 0 N–H and O–H groups in total. The Morgan fingerprint density at radius 1 is 1.21 bits per heavy atom. The van der Waals surface area contributed by atoms with Crippen LogP contribution in [0.4, 0.5) is 4.79 Å². The molecule has 7 nitrogen and oxygen atoms in total. The number of ether oxygens (including phenoxy) is 3. The minimum absolute atomic E-state index is 0.161.